The zero-order valence-electron chi connectivity index (χ0n) is 16.1. The van der Waals surface area contributed by atoms with Gasteiger partial charge in [0.05, 0.1) is 15.7 Å². The zero-order chi connectivity index (χ0) is 21.1. The first-order valence-corrected chi connectivity index (χ1v) is 10.7. The van der Waals surface area contributed by atoms with Crippen LogP contribution in [0.3, 0.4) is 0 Å². The third kappa shape index (κ3) is 5.08. The van der Waals surface area contributed by atoms with Crippen molar-refractivity contribution in [3.63, 3.8) is 0 Å². The summed E-state index contributed by atoms with van der Waals surface area (Å²) in [6.45, 7) is 3.62. The first-order chi connectivity index (χ1) is 13.8. The van der Waals surface area contributed by atoms with Crippen molar-refractivity contribution in [2.75, 3.05) is 23.7 Å². The summed E-state index contributed by atoms with van der Waals surface area (Å²) in [6.07, 6.45) is 2.15. The third-order valence-electron chi connectivity index (χ3n) is 5.17. The first-order valence-electron chi connectivity index (χ1n) is 9.53. The minimum atomic E-state index is -0.521. The third-order valence-corrected chi connectivity index (χ3v) is 6.14. The summed E-state index contributed by atoms with van der Waals surface area (Å²) in [4.78, 5) is 16.3. The smallest absolute Gasteiger partial charge is 0.222 e. The molecule has 156 valence electrons. The largest absolute Gasteiger partial charge is 0.398 e. The quantitative estimate of drug-likeness (QED) is 0.441. The van der Waals surface area contributed by atoms with Crippen LogP contribution in [0.1, 0.15) is 31.7 Å². The molecule has 2 aromatic carbocycles. The molecular weight excluding hydrogens is 436 g/mol. The Labute approximate surface area is 185 Å². The van der Waals surface area contributed by atoms with Gasteiger partial charge in [0.2, 0.25) is 5.91 Å². The van der Waals surface area contributed by atoms with Crippen LogP contribution < -0.4 is 10.6 Å². The van der Waals surface area contributed by atoms with E-state index in [-0.39, 0.29) is 17.0 Å². The molecule has 29 heavy (non-hydrogen) atoms. The Bertz CT molecular complexity index is 909. The van der Waals surface area contributed by atoms with Gasteiger partial charge in [-0.2, -0.15) is 0 Å². The van der Waals surface area contributed by atoms with Crippen LogP contribution in [-0.4, -0.2) is 29.9 Å². The number of nitrogens with two attached hydrogens (primary N) is 1. The number of nitrogens with zero attached hydrogens (tertiary/aromatic N) is 2. The van der Waals surface area contributed by atoms with Gasteiger partial charge in [0, 0.05) is 42.8 Å². The maximum Gasteiger partial charge on any atom is 0.222 e. The molecule has 1 saturated heterocycles. The average Bonchev–Trinajstić information content (AvgIpc) is 3.16. The van der Waals surface area contributed by atoms with Gasteiger partial charge in [-0.15, -0.1) is 0 Å². The van der Waals surface area contributed by atoms with Gasteiger partial charge >= 0.3 is 0 Å². The second-order valence-electron chi connectivity index (χ2n) is 7.22. The number of benzene rings is 2. The Hall–Kier alpha value is -1.69. The second-order valence-corrected chi connectivity index (χ2v) is 8.45. The van der Waals surface area contributed by atoms with Crippen molar-refractivity contribution in [2.24, 2.45) is 0 Å². The van der Waals surface area contributed by atoms with Gasteiger partial charge in [0.15, 0.2) is 0 Å². The molecule has 1 amide bonds. The number of hydrogen-bond donors (Lipinski definition) is 1. The predicted molar refractivity (Wildman–Crippen MR) is 118 cm³/mol. The van der Waals surface area contributed by atoms with Crippen LogP contribution in [0.25, 0.3) is 0 Å². The Balaban J connectivity index is 1.91. The molecule has 4 nitrogen and oxygen atoms in total. The molecule has 0 saturated carbocycles. The number of likely N-dealkylation sites (tertiary alicyclic amines) is 1. The summed E-state index contributed by atoms with van der Waals surface area (Å²) in [5.74, 6) is -0.367. The van der Waals surface area contributed by atoms with Gasteiger partial charge in [0.1, 0.15) is 5.82 Å². The number of hydrogen-bond acceptors (Lipinski definition) is 3. The summed E-state index contributed by atoms with van der Waals surface area (Å²) in [5.41, 5.74) is 7.79. The molecule has 8 heteroatoms. The van der Waals surface area contributed by atoms with E-state index in [0.717, 1.165) is 18.5 Å². The molecule has 0 radical (unpaired) electrons. The lowest BCUT2D eigenvalue weighted by atomic mass is 10.1. The highest BCUT2D eigenvalue weighted by molar-refractivity contribution is 6.35. The molecular formula is C21H23Cl3FN3O. The highest BCUT2D eigenvalue weighted by Crippen LogP contribution is 2.33. The van der Waals surface area contributed by atoms with Crippen LogP contribution in [0.4, 0.5) is 15.8 Å². The highest BCUT2D eigenvalue weighted by atomic mass is 35.5. The molecule has 1 fully saturated rings. The average molecular weight is 459 g/mol. The van der Waals surface area contributed by atoms with Crippen LogP contribution in [0.15, 0.2) is 30.3 Å². The standard InChI is InChI=1S/C21H23Cl3FN3O/c1-2-3-21(29)27-7-6-15(12-27)28(14-4-5-20(26)18(24)9-14)11-13-8-19(25)17(23)10-16(13)22/h4-5,8-10,15H,2-3,6-7,11-12,26H2,1H3/t15-/m0/s1. The molecule has 0 spiro atoms. The van der Waals surface area contributed by atoms with E-state index < -0.39 is 5.82 Å². The van der Waals surface area contributed by atoms with Gasteiger partial charge in [-0.1, -0.05) is 41.7 Å². The van der Waals surface area contributed by atoms with Crippen LogP contribution in [0.2, 0.25) is 15.1 Å². The lowest BCUT2D eigenvalue weighted by Crippen LogP contribution is -2.38. The molecule has 1 aliphatic rings. The molecule has 3 rings (SSSR count). The molecule has 2 N–H and O–H groups in total. The van der Waals surface area contributed by atoms with Crippen molar-refractivity contribution in [3.8, 4) is 0 Å². The summed E-state index contributed by atoms with van der Waals surface area (Å²) in [5, 5.41) is 0.815. The van der Waals surface area contributed by atoms with Crippen LogP contribution in [0, 0.1) is 5.82 Å². The van der Waals surface area contributed by atoms with Gasteiger partial charge in [-0.25, -0.2) is 4.39 Å². The number of anilines is 2. The Morgan fingerprint density at radius 1 is 1.21 bits per heavy atom. The van der Waals surface area contributed by atoms with Crippen molar-refractivity contribution in [1.29, 1.82) is 0 Å². The molecule has 1 atom stereocenters. The zero-order valence-corrected chi connectivity index (χ0v) is 18.4. The molecule has 0 aromatic heterocycles. The van der Waals surface area contributed by atoms with Crippen LogP contribution in [-0.2, 0) is 11.3 Å². The summed E-state index contributed by atoms with van der Waals surface area (Å²) in [7, 11) is 0. The molecule has 2 aromatic rings. The monoisotopic (exact) mass is 457 g/mol. The van der Waals surface area contributed by atoms with Crippen molar-refractivity contribution in [3.05, 3.63) is 56.8 Å². The summed E-state index contributed by atoms with van der Waals surface area (Å²) < 4.78 is 14.1. The molecule has 1 aliphatic heterocycles. The Kier molecular flexibility index (Phi) is 7.14. The van der Waals surface area contributed by atoms with Crippen molar-refractivity contribution < 1.29 is 9.18 Å². The Morgan fingerprint density at radius 3 is 2.66 bits per heavy atom. The van der Waals surface area contributed by atoms with Gasteiger partial charge < -0.3 is 15.5 Å². The van der Waals surface area contributed by atoms with Gasteiger partial charge in [0.25, 0.3) is 0 Å². The highest BCUT2D eigenvalue weighted by Gasteiger charge is 2.31. The number of amides is 1. The van der Waals surface area contributed by atoms with E-state index in [1.165, 1.54) is 12.1 Å². The van der Waals surface area contributed by atoms with E-state index in [0.29, 0.717) is 47.4 Å². The van der Waals surface area contributed by atoms with E-state index >= 15 is 0 Å². The van der Waals surface area contributed by atoms with Gasteiger partial charge in [-0.3, -0.25) is 4.79 Å². The maximum absolute atomic E-state index is 14.1. The molecule has 1 heterocycles. The van der Waals surface area contributed by atoms with Gasteiger partial charge in [-0.05, 0) is 48.7 Å². The molecule has 0 aliphatic carbocycles. The fourth-order valence-electron chi connectivity index (χ4n) is 3.59. The van der Waals surface area contributed by atoms with E-state index in [9.17, 15) is 9.18 Å². The number of halogens is 4. The number of carbonyl (C=O) groups excluding carboxylic acids is 1. The number of rotatable bonds is 6. The first kappa shape index (κ1) is 22.0. The number of carbonyl (C=O) groups is 1. The lowest BCUT2D eigenvalue weighted by Gasteiger charge is -2.32. The van der Waals surface area contributed by atoms with E-state index in [1.54, 1.807) is 12.1 Å². The minimum absolute atomic E-state index is 0.0157. The second kappa shape index (κ2) is 9.41. The summed E-state index contributed by atoms with van der Waals surface area (Å²) in [6, 6.07) is 8.21. The maximum atomic E-state index is 14.1. The SMILES string of the molecule is CCCC(=O)N1CC[C@H](N(Cc2cc(F)c(Cl)cc2Cl)c2ccc(N)c(Cl)c2)C1. The minimum Gasteiger partial charge on any atom is -0.398 e. The molecule has 0 bridgehead atoms. The molecule has 0 unspecified atom stereocenters. The van der Waals surface area contributed by atoms with E-state index in [2.05, 4.69) is 4.90 Å². The fraction of sp³-hybridized carbons (Fsp3) is 0.381. The van der Waals surface area contributed by atoms with Crippen molar-refractivity contribution in [2.45, 2.75) is 38.8 Å². The van der Waals surface area contributed by atoms with Crippen LogP contribution in [0.5, 0.6) is 0 Å². The summed E-state index contributed by atoms with van der Waals surface area (Å²) >= 11 is 18.4. The topological polar surface area (TPSA) is 49.6 Å². The number of nitrogen functional groups attached to an aromatic ring is 1. The lowest BCUT2D eigenvalue weighted by molar-refractivity contribution is -0.130. The van der Waals surface area contributed by atoms with E-state index in [4.69, 9.17) is 40.5 Å². The van der Waals surface area contributed by atoms with Crippen molar-refractivity contribution in [1.82, 2.24) is 4.90 Å². The van der Waals surface area contributed by atoms with Crippen molar-refractivity contribution >= 4 is 52.1 Å². The predicted octanol–water partition coefficient (Wildman–Crippen LogP) is 5.78. The Morgan fingerprint density at radius 2 is 1.97 bits per heavy atom. The van der Waals surface area contributed by atoms with E-state index in [1.807, 2.05) is 17.9 Å². The van der Waals surface area contributed by atoms with Crippen LogP contribution >= 0.6 is 34.8 Å². The normalized spacial score (nSPS) is 16.3. The fourth-order valence-corrected chi connectivity index (χ4v) is 4.21.